The molecule has 0 unspecified atom stereocenters. The Kier molecular flexibility index (Phi) is 5.87. The summed E-state index contributed by atoms with van der Waals surface area (Å²) in [6.45, 7) is 2.42. The highest BCUT2D eigenvalue weighted by Gasteiger charge is 2.09. The molecule has 0 aromatic heterocycles. The predicted octanol–water partition coefficient (Wildman–Crippen LogP) is 4.44. The van der Waals surface area contributed by atoms with Gasteiger partial charge in [0.1, 0.15) is 5.75 Å². The number of ketones is 1. The number of benzene rings is 3. The van der Waals surface area contributed by atoms with Crippen LogP contribution in [-0.2, 0) is 11.3 Å². The van der Waals surface area contributed by atoms with Crippen LogP contribution in [0.4, 0.5) is 0 Å². The number of aryl methyl sites for hydroxylation is 1. The van der Waals surface area contributed by atoms with Gasteiger partial charge in [0.25, 0.3) is 0 Å². The van der Waals surface area contributed by atoms with Crippen molar-refractivity contribution in [1.29, 1.82) is 0 Å². The number of ether oxygens (including phenoxy) is 1. The minimum absolute atomic E-state index is 0.00944. The number of Topliss-reactive ketones (excluding diaryl/α,β-unsaturated/α-hetero) is 1. The van der Waals surface area contributed by atoms with Gasteiger partial charge >= 0.3 is 0 Å². The number of nitrogens with one attached hydrogen (secondary N) is 1. The predicted molar refractivity (Wildman–Crippen MR) is 107 cm³/mol. The van der Waals surface area contributed by atoms with E-state index in [1.165, 1.54) is 0 Å². The van der Waals surface area contributed by atoms with Crippen LogP contribution < -0.4 is 10.1 Å². The summed E-state index contributed by atoms with van der Waals surface area (Å²) in [5.41, 5.74) is 2.78. The van der Waals surface area contributed by atoms with Gasteiger partial charge in [0.05, 0.1) is 7.11 Å². The number of methoxy groups -OCH3 is 1. The summed E-state index contributed by atoms with van der Waals surface area (Å²) in [6.07, 6.45) is 0.407. The van der Waals surface area contributed by atoms with Crippen LogP contribution in [0.2, 0.25) is 0 Å². The van der Waals surface area contributed by atoms with Crippen LogP contribution in [0.15, 0.2) is 60.7 Å². The third-order valence-corrected chi connectivity index (χ3v) is 4.55. The van der Waals surface area contributed by atoms with Crippen molar-refractivity contribution in [2.75, 3.05) is 7.11 Å². The molecule has 0 saturated heterocycles. The van der Waals surface area contributed by atoms with Gasteiger partial charge in [-0.15, -0.1) is 0 Å². The average Bonchev–Trinajstić information content (AvgIpc) is 2.70. The first-order valence-electron chi connectivity index (χ1n) is 8.98. The van der Waals surface area contributed by atoms with E-state index < -0.39 is 0 Å². The monoisotopic (exact) mass is 361 g/mol. The smallest absolute Gasteiger partial charge is 0.220 e. The molecule has 0 fully saturated rings. The summed E-state index contributed by atoms with van der Waals surface area (Å²) in [7, 11) is 1.65. The highest BCUT2D eigenvalue weighted by Crippen LogP contribution is 2.21. The van der Waals surface area contributed by atoms with Crippen LogP contribution in [0.3, 0.4) is 0 Å². The topological polar surface area (TPSA) is 55.4 Å². The fourth-order valence-electron chi connectivity index (χ4n) is 2.91. The van der Waals surface area contributed by atoms with Crippen LogP contribution in [-0.4, -0.2) is 18.8 Å². The van der Waals surface area contributed by atoms with Crippen LogP contribution in [0.1, 0.15) is 34.3 Å². The first-order valence-corrected chi connectivity index (χ1v) is 8.98. The van der Waals surface area contributed by atoms with Crippen molar-refractivity contribution in [1.82, 2.24) is 5.32 Å². The summed E-state index contributed by atoms with van der Waals surface area (Å²) < 4.78 is 5.23. The fourth-order valence-corrected chi connectivity index (χ4v) is 2.91. The summed E-state index contributed by atoms with van der Waals surface area (Å²) in [5.74, 6) is 0.692. The van der Waals surface area contributed by atoms with Crippen LogP contribution in [0.5, 0.6) is 5.75 Å². The van der Waals surface area contributed by atoms with Gasteiger partial charge in [-0.3, -0.25) is 9.59 Å². The lowest BCUT2D eigenvalue weighted by Crippen LogP contribution is -2.23. The quantitative estimate of drug-likeness (QED) is 0.633. The van der Waals surface area contributed by atoms with E-state index in [0.29, 0.717) is 12.1 Å². The second kappa shape index (κ2) is 8.49. The molecule has 1 amide bonds. The molecule has 1 N–H and O–H groups in total. The zero-order valence-electron chi connectivity index (χ0n) is 15.6. The minimum atomic E-state index is -0.120. The van der Waals surface area contributed by atoms with Crippen LogP contribution in [0.25, 0.3) is 10.8 Å². The van der Waals surface area contributed by atoms with Crippen molar-refractivity contribution < 1.29 is 14.3 Å². The Hall–Kier alpha value is -3.14. The SMILES string of the molecule is COc1ccc2cc(CNC(=O)CCC(=O)c3ccc(C)cc3)ccc2c1. The van der Waals surface area contributed by atoms with E-state index in [-0.39, 0.29) is 24.5 Å². The summed E-state index contributed by atoms with van der Waals surface area (Å²) in [4.78, 5) is 24.2. The van der Waals surface area contributed by atoms with Gasteiger partial charge in [-0.2, -0.15) is 0 Å². The van der Waals surface area contributed by atoms with Crippen molar-refractivity contribution in [3.63, 3.8) is 0 Å². The van der Waals surface area contributed by atoms with Crippen molar-refractivity contribution >= 4 is 22.5 Å². The molecule has 0 aliphatic rings. The lowest BCUT2D eigenvalue weighted by atomic mass is 10.0. The number of amides is 1. The molecule has 4 nitrogen and oxygen atoms in total. The van der Waals surface area contributed by atoms with Crippen LogP contribution in [0, 0.1) is 6.92 Å². The normalized spacial score (nSPS) is 10.6. The average molecular weight is 361 g/mol. The Morgan fingerprint density at radius 3 is 2.33 bits per heavy atom. The maximum Gasteiger partial charge on any atom is 0.220 e. The Bertz CT molecular complexity index is 961. The fraction of sp³-hybridized carbons (Fsp3) is 0.217. The molecule has 3 aromatic carbocycles. The molecule has 0 radical (unpaired) electrons. The first kappa shape index (κ1) is 18.6. The van der Waals surface area contributed by atoms with Crippen molar-refractivity contribution in [2.45, 2.75) is 26.3 Å². The summed E-state index contributed by atoms with van der Waals surface area (Å²) in [5, 5.41) is 5.07. The number of hydrogen-bond donors (Lipinski definition) is 1. The standard InChI is InChI=1S/C23H23NO3/c1-16-3-6-18(7-4-16)22(25)11-12-23(26)24-15-17-5-8-20-14-21(27-2)10-9-19(20)13-17/h3-10,13-14H,11-12,15H2,1-2H3,(H,24,26). The van der Waals surface area contributed by atoms with Crippen molar-refractivity contribution in [3.05, 3.63) is 77.4 Å². The zero-order chi connectivity index (χ0) is 19.2. The maximum atomic E-state index is 12.1. The number of hydrogen-bond acceptors (Lipinski definition) is 3. The van der Waals surface area contributed by atoms with Gasteiger partial charge in [-0.25, -0.2) is 0 Å². The van der Waals surface area contributed by atoms with E-state index in [1.807, 2.05) is 55.5 Å². The van der Waals surface area contributed by atoms with E-state index in [2.05, 4.69) is 5.32 Å². The van der Waals surface area contributed by atoms with Crippen molar-refractivity contribution in [3.8, 4) is 5.75 Å². The lowest BCUT2D eigenvalue weighted by Gasteiger charge is -2.08. The highest BCUT2D eigenvalue weighted by molar-refractivity contribution is 5.98. The molecule has 3 rings (SSSR count). The third-order valence-electron chi connectivity index (χ3n) is 4.55. The Morgan fingerprint density at radius 1 is 0.889 bits per heavy atom. The largest absolute Gasteiger partial charge is 0.497 e. The maximum absolute atomic E-state index is 12.1. The molecule has 0 aliphatic carbocycles. The molecule has 0 saturated carbocycles. The molecule has 0 atom stereocenters. The second-order valence-electron chi connectivity index (χ2n) is 6.61. The molecule has 0 aliphatic heterocycles. The van der Waals surface area contributed by atoms with E-state index in [0.717, 1.165) is 27.6 Å². The Morgan fingerprint density at radius 2 is 1.59 bits per heavy atom. The number of carbonyl (C=O) groups excluding carboxylic acids is 2. The molecule has 0 spiro atoms. The van der Waals surface area contributed by atoms with Gasteiger partial charge in [0, 0.05) is 24.9 Å². The van der Waals surface area contributed by atoms with E-state index in [1.54, 1.807) is 19.2 Å². The molecular weight excluding hydrogens is 338 g/mol. The zero-order valence-corrected chi connectivity index (χ0v) is 15.6. The summed E-state index contributed by atoms with van der Waals surface area (Å²) >= 11 is 0. The molecule has 0 bridgehead atoms. The summed E-state index contributed by atoms with van der Waals surface area (Å²) in [6, 6.07) is 19.4. The third kappa shape index (κ3) is 4.94. The van der Waals surface area contributed by atoms with Gasteiger partial charge < -0.3 is 10.1 Å². The molecule has 0 heterocycles. The molecular formula is C23H23NO3. The Balaban J connectivity index is 1.52. The van der Waals surface area contributed by atoms with Gasteiger partial charge in [0.15, 0.2) is 5.78 Å². The number of rotatable bonds is 7. The molecule has 3 aromatic rings. The lowest BCUT2D eigenvalue weighted by molar-refractivity contribution is -0.121. The number of carbonyl (C=O) groups is 2. The number of fused-ring (bicyclic) bond motifs is 1. The second-order valence-corrected chi connectivity index (χ2v) is 6.61. The molecule has 27 heavy (non-hydrogen) atoms. The first-order chi connectivity index (χ1) is 13.0. The van der Waals surface area contributed by atoms with E-state index in [4.69, 9.17) is 4.74 Å². The van der Waals surface area contributed by atoms with Gasteiger partial charge in [0.2, 0.25) is 5.91 Å². The van der Waals surface area contributed by atoms with E-state index >= 15 is 0 Å². The molecule has 138 valence electrons. The minimum Gasteiger partial charge on any atom is -0.497 e. The highest BCUT2D eigenvalue weighted by atomic mass is 16.5. The molecule has 4 heteroatoms. The van der Waals surface area contributed by atoms with Crippen molar-refractivity contribution in [2.24, 2.45) is 0 Å². The van der Waals surface area contributed by atoms with E-state index in [9.17, 15) is 9.59 Å². The van der Waals surface area contributed by atoms with Gasteiger partial charge in [-0.05, 0) is 41.5 Å². The van der Waals surface area contributed by atoms with Gasteiger partial charge in [-0.1, -0.05) is 48.0 Å². The van der Waals surface area contributed by atoms with Crippen LogP contribution >= 0.6 is 0 Å². The Labute approximate surface area is 159 Å².